The Morgan fingerprint density at radius 1 is 1.20 bits per heavy atom. The molecule has 0 saturated heterocycles. The molecule has 2 unspecified atom stereocenters. The average Bonchev–Trinajstić information content (AvgIpc) is 2.57. The van der Waals surface area contributed by atoms with Crippen LogP contribution < -0.4 is 10.5 Å². The monoisotopic (exact) mass is 361 g/mol. The third kappa shape index (κ3) is 4.21. The summed E-state index contributed by atoms with van der Waals surface area (Å²) in [7, 11) is -3.24. The Kier molecular flexibility index (Phi) is 5.13. The summed E-state index contributed by atoms with van der Waals surface area (Å²) in [4.78, 5) is 0. The molecule has 2 aromatic rings. The van der Waals surface area contributed by atoms with Gasteiger partial charge in [-0.05, 0) is 35.6 Å². The van der Waals surface area contributed by atoms with Gasteiger partial charge in [-0.1, -0.05) is 36.4 Å². The average molecular weight is 361 g/mol. The molecule has 0 amide bonds. The molecule has 2 atom stereocenters. The van der Waals surface area contributed by atoms with Crippen molar-refractivity contribution in [3.05, 3.63) is 64.7 Å². The molecule has 0 aliphatic heterocycles. The van der Waals surface area contributed by atoms with Crippen LogP contribution in [0.2, 0.25) is 0 Å². The molecule has 1 aliphatic carbocycles. The maximum atomic E-state index is 11.9. The number of rotatable bonds is 5. The molecular weight excluding hydrogens is 338 g/mol. The summed E-state index contributed by atoms with van der Waals surface area (Å²) in [5, 5.41) is 10.3. The van der Waals surface area contributed by atoms with E-state index < -0.39 is 15.9 Å². The van der Waals surface area contributed by atoms with Gasteiger partial charge >= 0.3 is 0 Å². The highest BCUT2D eigenvalue weighted by atomic mass is 32.2. The molecule has 0 aromatic heterocycles. The molecule has 3 N–H and O–H groups in total. The number of sulfone groups is 1. The third-order valence-corrected chi connectivity index (χ3v) is 5.33. The lowest BCUT2D eigenvalue weighted by Gasteiger charge is -2.30. The minimum absolute atomic E-state index is 0.109. The highest BCUT2D eigenvalue weighted by Crippen LogP contribution is 2.36. The van der Waals surface area contributed by atoms with Gasteiger partial charge in [-0.2, -0.15) is 0 Å². The van der Waals surface area contributed by atoms with Gasteiger partial charge in [0.15, 0.2) is 9.84 Å². The molecule has 2 aromatic carbocycles. The van der Waals surface area contributed by atoms with Crippen LogP contribution in [0.5, 0.6) is 5.75 Å². The summed E-state index contributed by atoms with van der Waals surface area (Å²) in [5.74, 6) is 0.443. The van der Waals surface area contributed by atoms with E-state index in [1.807, 2.05) is 30.3 Å². The lowest BCUT2D eigenvalue weighted by molar-refractivity contribution is 0.133. The van der Waals surface area contributed by atoms with E-state index in [1.54, 1.807) is 12.1 Å². The number of ether oxygens (including phenoxy) is 1. The van der Waals surface area contributed by atoms with Gasteiger partial charge < -0.3 is 15.6 Å². The van der Waals surface area contributed by atoms with Crippen LogP contribution in [0, 0.1) is 0 Å². The number of hydrogen-bond donors (Lipinski definition) is 2. The molecule has 6 heteroatoms. The molecule has 1 aliphatic rings. The zero-order chi connectivity index (χ0) is 18.0. The Morgan fingerprint density at radius 2 is 1.92 bits per heavy atom. The highest BCUT2D eigenvalue weighted by Gasteiger charge is 2.29. The Balaban J connectivity index is 1.97. The second-order valence-corrected chi connectivity index (χ2v) is 8.74. The molecule has 3 rings (SSSR count). The molecule has 0 radical (unpaired) electrons. The second kappa shape index (κ2) is 7.15. The van der Waals surface area contributed by atoms with Crippen molar-refractivity contribution in [3.8, 4) is 5.75 Å². The predicted molar refractivity (Wildman–Crippen MR) is 97.0 cm³/mol. The SMILES string of the molecule is CS(=O)(=O)Cc1c(OCc2ccccc2)ccc2c1CCC(N)C2O. The Hall–Kier alpha value is -1.89. The van der Waals surface area contributed by atoms with Gasteiger partial charge in [0.1, 0.15) is 12.4 Å². The van der Waals surface area contributed by atoms with Crippen LogP contribution in [0.1, 0.15) is 34.8 Å². The van der Waals surface area contributed by atoms with Crippen LogP contribution in [0.3, 0.4) is 0 Å². The van der Waals surface area contributed by atoms with E-state index in [0.717, 1.165) is 11.1 Å². The van der Waals surface area contributed by atoms with E-state index in [2.05, 4.69) is 0 Å². The maximum absolute atomic E-state index is 11.9. The van der Waals surface area contributed by atoms with E-state index in [4.69, 9.17) is 10.5 Å². The maximum Gasteiger partial charge on any atom is 0.151 e. The summed E-state index contributed by atoms with van der Waals surface area (Å²) >= 11 is 0. The van der Waals surface area contributed by atoms with Crippen LogP contribution in [0.15, 0.2) is 42.5 Å². The molecule has 25 heavy (non-hydrogen) atoms. The minimum atomic E-state index is -3.24. The number of benzene rings is 2. The van der Waals surface area contributed by atoms with Gasteiger partial charge in [-0.3, -0.25) is 0 Å². The molecule has 0 heterocycles. The summed E-state index contributed by atoms with van der Waals surface area (Å²) in [6.45, 7) is 0.360. The smallest absolute Gasteiger partial charge is 0.151 e. The number of nitrogens with two attached hydrogens (primary N) is 1. The van der Waals surface area contributed by atoms with Crippen LogP contribution in [0.4, 0.5) is 0 Å². The lowest BCUT2D eigenvalue weighted by Crippen LogP contribution is -2.33. The fourth-order valence-corrected chi connectivity index (χ4v) is 4.09. The van der Waals surface area contributed by atoms with Crippen molar-refractivity contribution < 1.29 is 18.3 Å². The van der Waals surface area contributed by atoms with Crippen molar-refractivity contribution >= 4 is 9.84 Å². The number of hydrogen-bond acceptors (Lipinski definition) is 5. The first-order valence-electron chi connectivity index (χ1n) is 8.28. The van der Waals surface area contributed by atoms with Gasteiger partial charge in [0.25, 0.3) is 0 Å². The second-order valence-electron chi connectivity index (χ2n) is 6.60. The van der Waals surface area contributed by atoms with E-state index in [1.165, 1.54) is 6.26 Å². The fraction of sp³-hybridized carbons (Fsp3) is 0.368. The van der Waals surface area contributed by atoms with E-state index >= 15 is 0 Å². The summed E-state index contributed by atoms with van der Waals surface area (Å²) in [6.07, 6.45) is 1.69. The van der Waals surface area contributed by atoms with E-state index in [0.29, 0.717) is 36.3 Å². The topological polar surface area (TPSA) is 89.6 Å². The van der Waals surface area contributed by atoms with Crippen LogP contribution in [-0.2, 0) is 28.6 Å². The third-order valence-electron chi connectivity index (χ3n) is 4.52. The molecule has 0 saturated carbocycles. The van der Waals surface area contributed by atoms with Gasteiger partial charge in [-0.15, -0.1) is 0 Å². The molecule has 0 spiro atoms. The molecular formula is C19H23NO4S. The van der Waals surface area contributed by atoms with Gasteiger partial charge in [0.05, 0.1) is 11.9 Å². The highest BCUT2D eigenvalue weighted by molar-refractivity contribution is 7.89. The van der Waals surface area contributed by atoms with Crippen LogP contribution in [-0.4, -0.2) is 25.8 Å². The van der Waals surface area contributed by atoms with Crippen molar-refractivity contribution in [2.45, 2.75) is 37.3 Å². The number of aliphatic hydroxyl groups excluding tert-OH is 1. The van der Waals surface area contributed by atoms with Gasteiger partial charge in [-0.25, -0.2) is 8.42 Å². The quantitative estimate of drug-likeness (QED) is 0.851. The van der Waals surface area contributed by atoms with Crippen LogP contribution in [0.25, 0.3) is 0 Å². The first-order valence-corrected chi connectivity index (χ1v) is 10.3. The fourth-order valence-electron chi connectivity index (χ4n) is 3.25. The normalized spacial score (nSPS) is 20.1. The zero-order valence-electron chi connectivity index (χ0n) is 14.2. The largest absolute Gasteiger partial charge is 0.489 e. The standard InChI is InChI=1S/C19H23NO4S/c1-25(22,23)12-16-14-7-9-17(20)19(21)15(14)8-10-18(16)24-11-13-5-3-2-4-6-13/h2-6,8,10,17,19,21H,7,9,11-12,20H2,1H3. The van der Waals surface area contributed by atoms with E-state index in [9.17, 15) is 13.5 Å². The van der Waals surface area contributed by atoms with Crippen molar-refractivity contribution in [3.63, 3.8) is 0 Å². The predicted octanol–water partition coefficient (Wildman–Crippen LogP) is 2.12. The van der Waals surface area contributed by atoms with Crippen molar-refractivity contribution in [1.82, 2.24) is 0 Å². The van der Waals surface area contributed by atoms with Crippen molar-refractivity contribution in [1.29, 1.82) is 0 Å². The summed E-state index contributed by atoms with van der Waals surface area (Å²) < 4.78 is 29.8. The van der Waals surface area contributed by atoms with E-state index in [-0.39, 0.29) is 11.8 Å². The molecule has 134 valence electrons. The molecule has 5 nitrogen and oxygen atoms in total. The van der Waals surface area contributed by atoms with Crippen molar-refractivity contribution in [2.75, 3.05) is 6.26 Å². The zero-order valence-corrected chi connectivity index (χ0v) is 15.0. The number of aliphatic hydroxyl groups is 1. The van der Waals surface area contributed by atoms with Crippen molar-refractivity contribution in [2.24, 2.45) is 5.73 Å². The Morgan fingerprint density at radius 3 is 2.60 bits per heavy atom. The minimum Gasteiger partial charge on any atom is -0.489 e. The summed E-state index contributed by atoms with van der Waals surface area (Å²) in [5.41, 5.74) is 9.16. The van der Waals surface area contributed by atoms with Gasteiger partial charge in [0, 0.05) is 17.9 Å². The first-order chi connectivity index (χ1) is 11.8. The number of fused-ring (bicyclic) bond motifs is 1. The summed E-state index contributed by atoms with van der Waals surface area (Å²) in [6, 6.07) is 12.9. The van der Waals surface area contributed by atoms with Gasteiger partial charge in [0.2, 0.25) is 0 Å². The molecule has 0 fully saturated rings. The van der Waals surface area contributed by atoms with Crippen LogP contribution >= 0.6 is 0 Å². The first kappa shape index (κ1) is 17.9. The Labute approximate surface area is 148 Å². The molecule has 0 bridgehead atoms. The lowest BCUT2D eigenvalue weighted by atomic mass is 9.83. The Bertz CT molecular complexity index is 849.